The van der Waals surface area contributed by atoms with Crippen LogP contribution in [0.25, 0.3) is 0 Å². The van der Waals surface area contributed by atoms with E-state index in [0.29, 0.717) is 11.6 Å². The topological polar surface area (TPSA) is 55.2 Å². The molecule has 2 rings (SSSR count). The largest absolute Gasteiger partial charge is 0.379 e. The molecule has 1 fully saturated rings. The number of hydrogen-bond acceptors (Lipinski definition) is 3. The van der Waals surface area contributed by atoms with E-state index in [-0.39, 0.29) is 10.6 Å². The standard InChI is InChI=1S/C16H24N2O2/c1-11-5-4-6-14(7-11)10-17-15-8-12(2)13(3)9-16(15)18(19)20/h8-9,11,14,17H,4-7,10H2,1-3H3. The van der Waals surface area contributed by atoms with Crippen molar-refractivity contribution in [3.63, 3.8) is 0 Å². The summed E-state index contributed by atoms with van der Waals surface area (Å²) in [5.74, 6) is 1.42. The first kappa shape index (κ1) is 14.8. The van der Waals surface area contributed by atoms with Gasteiger partial charge >= 0.3 is 0 Å². The first-order valence-electron chi connectivity index (χ1n) is 7.47. The second-order valence-corrected chi connectivity index (χ2v) is 6.23. The van der Waals surface area contributed by atoms with Gasteiger partial charge in [-0.25, -0.2) is 0 Å². The van der Waals surface area contributed by atoms with Gasteiger partial charge in [0.15, 0.2) is 0 Å². The van der Waals surface area contributed by atoms with Crippen molar-refractivity contribution >= 4 is 11.4 Å². The number of nitro benzene ring substituents is 1. The third-order valence-corrected chi connectivity index (χ3v) is 4.43. The Hall–Kier alpha value is -1.58. The minimum Gasteiger partial charge on any atom is -0.379 e. The third kappa shape index (κ3) is 3.50. The lowest BCUT2D eigenvalue weighted by molar-refractivity contribution is -0.384. The molecule has 1 aliphatic carbocycles. The van der Waals surface area contributed by atoms with Crippen LogP contribution in [0.5, 0.6) is 0 Å². The van der Waals surface area contributed by atoms with Crippen LogP contribution in [0.2, 0.25) is 0 Å². The monoisotopic (exact) mass is 276 g/mol. The van der Waals surface area contributed by atoms with Gasteiger partial charge in [-0.3, -0.25) is 10.1 Å². The lowest BCUT2D eigenvalue weighted by Crippen LogP contribution is -2.21. The fourth-order valence-corrected chi connectivity index (χ4v) is 3.09. The molecule has 0 aliphatic heterocycles. The van der Waals surface area contributed by atoms with Gasteiger partial charge in [-0.15, -0.1) is 0 Å². The van der Waals surface area contributed by atoms with Crippen molar-refractivity contribution in [1.29, 1.82) is 0 Å². The fraction of sp³-hybridized carbons (Fsp3) is 0.625. The predicted molar refractivity (Wildman–Crippen MR) is 82.2 cm³/mol. The number of aryl methyl sites for hydroxylation is 2. The number of hydrogen-bond donors (Lipinski definition) is 1. The molecule has 1 aromatic carbocycles. The number of nitrogens with one attached hydrogen (secondary N) is 1. The molecule has 0 amide bonds. The maximum Gasteiger partial charge on any atom is 0.292 e. The van der Waals surface area contributed by atoms with E-state index in [1.165, 1.54) is 25.7 Å². The molecule has 1 N–H and O–H groups in total. The van der Waals surface area contributed by atoms with Crippen LogP contribution in [-0.4, -0.2) is 11.5 Å². The van der Waals surface area contributed by atoms with Crippen LogP contribution < -0.4 is 5.32 Å². The second-order valence-electron chi connectivity index (χ2n) is 6.23. The normalized spacial score (nSPS) is 22.6. The summed E-state index contributed by atoms with van der Waals surface area (Å²) >= 11 is 0. The molecular weight excluding hydrogens is 252 g/mol. The van der Waals surface area contributed by atoms with Crippen LogP contribution in [0.4, 0.5) is 11.4 Å². The van der Waals surface area contributed by atoms with Gasteiger partial charge in [-0.1, -0.05) is 19.8 Å². The Morgan fingerprint density at radius 1 is 1.30 bits per heavy atom. The van der Waals surface area contributed by atoms with Crippen LogP contribution in [-0.2, 0) is 0 Å². The molecular formula is C16H24N2O2. The first-order valence-corrected chi connectivity index (χ1v) is 7.47. The molecule has 0 radical (unpaired) electrons. The molecule has 1 saturated carbocycles. The number of anilines is 1. The van der Waals surface area contributed by atoms with Gasteiger partial charge in [0.2, 0.25) is 0 Å². The Morgan fingerprint density at radius 3 is 2.65 bits per heavy atom. The Bertz CT molecular complexity index is 499. The molecule has 0 bridgehead atoms. The Labute approximate surface area is 120 Å². The van der Waals surface area contributed by atoms with Crippen LogP contribution in [0.3, 0.4) is 0 Å². The number of nitro groups is 1. The maximum absolute atomic E-state index is 11.2. The molecule has 4 nitrogen and oxygen atoms in total. The summed E-state index contributed by atoms with van der Waals surface area (Å²) in [6, 6.07) is 3.57. The SMILES string of the molecule is Cc1cc(NCC2CCCC(C)C2)c([N+](=O)[O-])cc1C. The summed E-state index contributed by atoms with van der Waals surface area (Å²) in [6.07, 6.45) is 5.06. The highest BCUT2D eigenvalue weighted by Gasteiger charge is 2.20. The molecule has 4 heteroatoms. The van der Waals surface area contributed by atoms with E-state index in [9.17, 15) is 10.1 Å². The van der Waals surface area contributed by atoms with E-state index in [1.54, 1.807) is 6.07 Å². The van der Waals surface area contributed by atoms with Crippen molar-refractivity contribution in [2.75, 3.05) is 11.9 Å². The van der Waals surface area contributed by atoms with Crippen LogP contribution in [0.1, 0.15) is 43.7 Å². The average Bonchev–Trinajstić information content (AvgIpc) is 2.39. The van der Waals surface area contributed by atoms with E-state index < -0.39 is 0 Å². The lowest BCUT2D eigenvalue weighted by Gasteiger charge is -2.27. The summed E-state index contributed by atoms with van der Waals surface area (Å²) in [5.41, 5.74) is 2.91. The Kier molecular flexibility index (Phi) is 4.63. The van der Waals surface area contributed by atoms with Crippen molar-refractivity contribution in [2.45, 2.75) is 46.5 Å². The third-order valence-electron chi connectivity index (χ3n) is 4.43. The number of benzene rings is 1. The molecule has 110 valence electrons. The van der Waals surface area contributed by atoms with Gasteiger partial charge in [0.25, 0.3) is 5.69 Å². The zero-order valence-corrected chi connectivity index (χ0v) is 12.6. The molecule has 0 spiro atoms. The summed E-state index contributed by atoms with van der Waals surface area (Å²) in [5, 5.41) is 14.5. The average molecular weight is 276 g/mol. The molecule has 0 heterocycles. The highest BCUT2D eigenvalue weighted by Crippen LogP contribution is 2.31. The molecule has 0 aromatic heterocycles. The number of rotatable bonds is 4. The van der Waals surface area contributed by atoms with Crippen molar-refractivity contribution in [3.8, 4) is 0 Å². The fourth-order valence-electron chi connectivity index (χ4n) is 3.09. The Morgan fingerprint density at radius 2 is 2.00 bits per heavy atom. The van der Waals surface area contributed by atoms with Crippen molar-refractivity contribution < 1.29 is 4.92 Å². The van der Waals surface area contributed by atoms with E-state index in [4.69, 9.17) is 0 Å². The van der Waals surface area contributed by atoms with Gasteiger partial charge < -0.3 is 5.32 Å². The van der Waals surface area contributed by atoms with Crippen LogP contribution >= 0.6 is 0 Å². The highest BCUT2D eigenvalue weighted by atomic mass is 16.6. The summed E-state index contributed by atoms with van der Waals surface area (Å²) < 4.78 is 0. The quantitative estimate of drug-likeness (QED) is 0.653. The summed E-state index contributed by atoms with van der Waals surface area (Å²) in [7, 11) is 0. The minimum atomic E-state index is -0.293. The van der Waals surface area contributed by atoms with Gasteiger partial charge in [0.05, 0.1) is 4.92 Å². The lowest BCUT2D eigenvalue weighted by atomic mass is 9.82. The minimum absolute atomic E-state index is 0.192. The smallest absolute Gasteiger partial charge is 0.292 e. The number of nitrogens with zero attached hydrogens (tertiary/aromatic N) is 1. The van der Waals surface area contributed by atoms with E-state index >= 15 is 0 Å². The van der Waals surface area contributed by atoms with E-state index in [0.717, 1.165) is 23.6 Å². The molecule has 20 heavy (non-hydrogen) atoms. The van der Waals surface area contributed by atoms with Gasteiger partial charge in [-0.05, 0) is 55.7 Å². The van der Waals surface area contributed by atoms with Crippen LogP contribution in [0, 0.1) is 35.8 Å². The molecule has 2 atom stereocenters. The zero-order chi connectivity index (χ0) is 14.7. The van der Waals surface area contributed by atoms with Gasteiger partial charge in [0, 0.05) is 12.6 Å². The summed E-state index contributed by atoms with van der Waals surface area (Å²) in [6.45, 7) is 7.04. The van der Waals surface area contributed by atoms with Gasteiger partial charge in [0.1, 0.15) is 5.69 Å². The maximum atomic E-state index is 11.2. The summed E-state index contributed by atoms with van der Waals surface area (Å²) in [4.78, 5) is 10.9. The molecule has 1 aromatic rings. The molecule has 2 unspecified atom stereocenters. The predicted octanol–water partition coefficient (Wildman–Crippen LogP) is 4.45. The van der Waals surface area contributed by atoms with Crippen LogP contribution in [0.15, 0.2) is 12.1 Å². The van der Waals surface area contributed by atoms with E-state index in [2.05, 4.69) is 12.2 Å². The van der Waals surface area contributed by atoms with Gasteiger partial charge in [-0.2, -0.15) is 0 Å². The van der Waals surface area contributed by atoms with Crippen molar-refractivity contribution in [1.82, 2.24) is 0 Å². The first-order chi connectivity index (χ1) is 9.47. The van der Waals surface area contributed by atoms with Crippen molar-refractivity contribution in [3.05, 3.63) is 33.4 Å². The second kappa shape index (κ2) is 6.25. The highest BCUT2D eigenvalue weighted by molar-refractivity contribution is 5.64. The van der Waals surface area contributed by atoms with Crippen molar-refractivity contribution in [2.24, 2.45) is 11.8 Å². The molecule has 0 saturated heterocycles. The zero-order valence-electron chi connectivity index (χ0n) is 12.6. The molecule has 1 aliphatic rings. The van der Waals surface area contributed by atoms with E-state index in [1.807, 2.05) is 19.9 Å². The Balaban J connectivity index is 2.08.